The summed E-state index contributed by atoms with van der Waals surface area (Å²) in [7, 11) is -3.98. The minimum atomic E-state index is -3.98. The number of nitrogen functional groups attached to an aromatic ring is 1. The van der Waals surface area contributed by atoms with Gasteiger partial charge in [0.15, 0.2) is 11.5 Å². The third-order valence-electron chi connectivity index (χ3n) is 4.85. The van der Waals surface area contributed by atoms with E-state index in [1.807, 2.05) is 0 Å². The number of nitrogens with zero attached hydrogens (tertiary/aromatic N) is 4. The number of carbonyl (C=O) groups is 4. The molecule has 0 aliphatic heterocycles. The largest absolute Gasteiger partial charge is 0.478 e. The van der Waals surface area contributed by atoms with Gasteiger partial charge < -0.3 is 34.4 Å². The van der Waals surface area contributed by atoms with Gasteiger partial charge in [-0.15, -0.1) is 0 Å². The Balaban J connectivity index is 0.00000101. The Morgan fingerprint density at radius 1 is 1.02 bits per heavy atom. The summed E-state index contributed by atoms with van der Waals surface area (Å²) < 4.78 is 45.1. The second-order valence-electron chi connectivity index (χ2n) is 10.8. The monoisotopic (exact) mass is 631 g/mol. The van der Waals surface area contributed by atoms with Crippen molar-refractivity contribution in [3.05, 3.63) is 25.0 Å². The fraction of sp³-hybridized carbons (Fsp3) is 0.560. The van der Waals surface area contributed by atoms with Gasteiger partial charge in [-0.25, -0.2) is 19.7 Å². The Kier molecular flexibility index (Phi) is 14.4. The number of hydrogen-bond acceptors (Lipinski definition) is 15. The number of fused-ring (bicyclic) bond motifs is 1. The van der Waals surface area contributed by atoms with Crippen molar-refractivity contribution in [1.29, 1.82) is 0 Å². The molecule has 0 fully saturated rings. The van der Waals surface area contributed by atoms with E-state index in [4.69, 9.17) is 34.1 Å². The summed E-state index contributed by atoms with van der Waals surface area (Å²) in [6.07, 6.45) is 3.40. The Hall–Kier alpha value is -3.92. The topological polar surface area (TPSA) is 231 Å². The highest BCUT2D eigenvalue weighted by Gasteiger charge is 2.31. The molecule has 0 bridgehead atoms. The van der Waals surface area contributed by atoms with Crippen molar-refractivity contribution >= 4 is 49.0 Å². The summed E-state index contributed by atoms with van der Waals surface area (Å²) >= 11 is 0. The molecule has 2 heterocycles. The number of anilines is 1. The van der Waals surface area contributed by atoms with Gasteiger partial charge in [0.1, 0.15) is 24.5 Å². The molecule has 1 atom stereocenters. The first kappa shape index (κ1) is 37.1. The number of aromatic nitrogens is 4. The van der Waals surface area contributed by atoms with E-state index in [2.05, 4.69) is 19.7 Å². The molecule has 0 saturated heterocycles. The molecule has 0 radical (unpaired) electrons. The summed E-state index contributed by atoms with van der Waals surface area (Å²) in [5, 5.41) is 7.86. The number of nitrogens with two attached hydrogens (primary N) is 1. The molecule has 3 N–H and O–H groups in total. The lowest BCUT2D eigenvalue weighted by Gasteiger charge is -2.23. The number of esters is 2. The van der Waals surface area contributed by atoms with Gasteiger partial charge in [0.2, 0.25) is 13.6 Å². The minimum Gasteiger partial charge on any atom is -0.478 e. The fourth-order valence-corrected chi connectivity index (χ4v) is 3.66. The summed E-state index contributed by atoms with van der Waals surface area (Å²) in [6, 6.07) is 0. The van der Waals surface area contributed by atoms with Crippen LogP contribution in [0.25, 0.3) is 11.2 Å². The number of rotatable bonds is 14. The average molecular weight is 632 g/mol. The van der Waals surface area contributed by atoms with Gasteiger partial charge >= 0.3 is 25.5 Å². The van der Waals surface area contributed by atoms with Crippen LogP contribution >= 0.6 is 7.60 Å². The molecule has 0 amide bonds. The molecule has 240 valence electrons. The zero-order valence-corrected chi connectivity index (χ0v) is 25.9. The van der Waals surface area contributed by atoms with Crippen molar-refractivity contribution in [1.82, 2.24) is 19.5 Å². The summed E-state index contributed by atoms with van der Waals surface area (Å²) in [5.41, 5.74) is 5.23. The molecule has 2 aromatic heterocycles. The predicted octanol–water partition coefficient (Wildman–Crippen LogP) is 2.85. The number of carboxylic acid groups (broad SMARTS) is 1. The highest BCUT2D eigenvalue weighted by atomic mass is 31.2. The van der Waals surface area contributed by atoms with E-state index in [1.165, 1.54) is 6.33 Å². The molecule has 2 aromatic rings. The maximum Gasteiger partial charge on any atom is 0.361 e. The van der Waals surface area contributed by atoms with Gasteiger partial charge in [-0.2, -0.15) is 0 Å². The third-order valence-corrected chi connectivity index (χ3v) is 6.31. The maximum absolute atomic E-state index is 13.2. The summed E-state index contributed by atoms with van der Waals surface area (Å²) in [4.78, 5) is 55.1. The van der Waals surface area contributed by atoms with E-state index >= 15 is 0 Å². The lowest BCUT2D eigenvalue weighted by molar-refractivity contribution is -0.162. The molecule has 18 heteroatoms. The minimum absolute atomic E-state index is 0.138. The van der Waals surface area contributed by atoms with Crippen molar-refractivity contribution in [2.45, 2.75) is 61.1 Å². The number of aliphatic carboxylic acids is 1. The van der Waals surface area contributed by atoms with E-state index in [9.17, 15) is 23.7 Å². The van der Waals surface area contributed by atoms with E-state index < -0.39 is 62.4 Å². The Bertz CT molecular complexity index is 1280. The number of imidazole rings is 1. The van der Waals surface area contributed by atoms with Crippen LogP contribution < -0.4 is 5.73 Å². The van der Waals surface area contributed by atoms with Crippen molar-refractivity contribution in [3.63, 3.8) is 0 Å². The number of carbonyl (C=O) groups excluding carboxylic acids is 3. The molecule has 2 rings (SSSR count). The first-order valence-electron chi connectivity index (χ1n) is 12.6. The first-order valence-corrected chi connectivity index (χ1v) is 14.4. The molecule has 0 spiro atoms. The Labute approximate surface area is 248 Å². The van der Waals surface area contributed by atoms with Gasteiger partial charge in [0, 0.05) is 0 Å². The van der Waals surface area contributed by atoms with Crippen molar-refractivity contribution in [2.75, 3.05) is 25.7 Å². The van der Waals surface area contributed by atoms with E-state index in [0.29, 0.717) is 23.8 Å². The SMILES string of the molecule is C[C@H](Cn1cnc2c(N)ncnc21)OCP(=O)(OCOC(=O)C(C)(C)C)OCOC(=O)C(C)(C)C.O=CO/C=C/C(=O)O. The number of ether oxygens (including phenoxy) is 4. The standard InChI is InChI=1S/C21H34N5O8P.C4H4O4/c1-14(8-26-10-25-15-16(22)23-9-24-17(15)26)32-13-35(29,33-11-30-18(27)20(2,3)4)34-12-31-19(28)21(5,6)7;5-3-8-2-1-4(6)7/h9-10,14H,8,11-13H2,1-7H3,(H2,22,23,24);1-3H,(H,6,7)/b;2-1+/t14-;/m1./s1. The molecular weight excluding hydrogens is 593 g/mol. The van der Waals surface area contributed by atoms with Gasteiger partial charge in [-0.1, -0.05) is 0 Å². The average Bonchev–Trinajstić information content (AvgIpc) is 3.30. The van der Waals surface area contributed by atoms with E-state index in [1.54, 1.807) is 59.4 Å². The zero-order valence-electron chi connectivity index (χ0n) is 25.0. The molecule has 17 nitrogen and oxygen atoms in total. The van der Waals surface area contributed by atoms with Gasteiger partial charge in [0.25, 0.3) is 6.47 Å². The van der Waals surface area contributed by atoms with Crippen LogP contribution in [-0.4, -0.2) is 75.0 Å². The summed E-state index contributed by atoms with van der Waals surface area (Å²) in [6.45, 7) is 10.9. The Morgan fingerprint density at radius 3 is 2.07 bits per heavy atom. The quantitative estimate of drug-likeness (QED) is 0.0580. The van der Waals surface area contributed by atoms with Gasteiger partial charge in [-0.05, 0) is 48.5 Å². The molecule has 43 heavy (non-hydrogen) atoms. The second-order valence-corrected chi connectivity index (χ2v) is 12.8. The smallest absolute Gasteiger partial charge is 0.361 e. The molecule has 0 unspecified atom stereocenters. The Morgan fingerprint density at radius 2 is 1.58 bits per heavy atom. The number of carboxylic acids is 1. The normalized spacial score (nSPS) is 12.7. The molecule has 0 aliphatic carbocycles. The van der Waals surface area contributed by atoms with Crippen LogP contribution in [0.5, 0.6) is 0 Å². The second kappa shape index (κ2) is 16.6. The predicted molar refractivity (Wildman–Crippen MR) is 150 cm³/mol. The van der Waals surface area contributed by atoms with E-state index in [0.717, 1.165) is 6.26 Å². The van der Waals surface area contributed by atoms with Gasteiger partial charge in [0.05, 0.1) is 35.9 Å². The maximum atomic E-state index is 13.2. The van der Waals surface area contributed by atoms with Crippen LogP contribution in [0.2, 0.25) is 0 Å². The lowest BCUT2D eigenvalue weighted by atomic mass is 9.98. The van der Waals surface area contributed by atoms with Gasteiger partial charge in [-0.3, -0.25) is 28.0 Å². The molecule has 0 aliphatic rings. The first-order chi connectivity index (χ1) is 19.9. The van der Waals surface area contributed by atoms with Crippen LogP contribution in [0.3, 0.4) is 0 Å². The summed E-state index contributed by atoms with van der Waals surface area (Å²) in [5.74, 6) is -1.99. The highest BCUT2D eigenvalue weighted by Crippen LogP contribution is 2.48. The highest BCUT2D eigenvalue weighted by molar-refractivity contribution is 7.53. The molecular formula is C25H38N5O12P. The van der Waals surface area contributed by atoms with Crippen molar-refractivity contribution < 1.29 is 56.8 Å². The van der Waals surface area contributed by atoms with E-state index in [-0.39, 0.29) is 12.3 Å². The van der Waals surface area contributed by atoms with Crippen LogP contribution in [0, 0.1) is 10.8 Å². The number of hydrogen-bond donors (Lipinski definition) is 2. The lowest BCUT2D eigenvalue weighted by Crippen LogP contribution is -2.25. The van der Waals surface area contributed by atoms with Crippen LogP contribution in [0.4, 0.5) is 5.82 Å². The van der Waals surface area contributed by atoms with Crippen LogP contribution in [-0.2, 0) is 58.3 Å². The molecule has 0 aromatic carbocycles. The zero-order chi connectivity index (χ0) is 32.8. The molecule has 0 saturated carbocycles. The van der Waals surface area contributed by atoms with Crippen LogP contribution in [0.1, 0.15) is 48.5 Å². The van der Waals surface area contributed by atoms with Crippen molar-refractivity contribution in [2.24, 2.45) is 10.8 Å². The third kappa shape index (κ3) is 13.7. The fourth-order valence-electron chi connectivity index (χ4n) is 2.58. The van der Waals surface area contributed by atoms with Crippen molar-refractivity contribution in [3.8, 4) is 0 Å². The van der Waals surface area contributed by atoms with Crippen LogP contribution in [0.15, 0.2) is 25.0 Å².